The van der Waals surface area contributed by atoms with E-state index in [2.05, 4.69) is 31.7 Å². The van der Waals surface area contributed by atoms with Gasteiger partial charge in [0.05, 0.1) is 0 Å². The van der Waals surface area contributed by atoms with Gasteiger partial charge in [0.15, 0.2) is 0 Å². The zero-order chi connectivity index (χ0) is 13.6. The van der Waals surface area contributed by atoms with Crippen molar-refractivity contribution < 1.29 is 4.39 Å². The first-order valence-electron chi connectivity index (χ1n) is 7.52. The van der Waals surface area contributed by atoms with Crippen LogP contribution in [0.3, 0.4) is 0 Å². The van der Waals surface area contributed by atoms with Crippen molar-refractivity contribution in [2.45, 2.75) is 65.1 Å². The van der Waals surface area contributed by atoms with E-state index < -0.39 is 0 Å². The van der Waals surface area contributed by atoms with Gasteiger partial charge < -0.3 is 0 Å². The molecule has 1 aliphatic carbocycles. The van der Waals surface area contributed by atoms with E-state index in [9.17, 15) is 4.39 Å². The van der Waals surface area contributed by atoms with Crippen LogP contribution in [0.1, 0.15) is 51.2 Å². The summed E-state index contributed by atoms with van der Waals surface area (Å²) in [7, 11) is 0. The van der Waals surface area contributed by atoms with Crippen LogP contribution in [0.2, 0.25) is 0 Å². The van der Waals surface area contributed by atoms with E-state index in [4.69, 9.17) is 0 Å². The number of fused-ring (bicyclic) bond motifs is 1. The first-order valence-corrected chi connectivity index (χ1v) is 7.52. The maximum absolute atomic E-state index is 13.9. The predicted octanol–water partition coefficient (Wildman–Crippen LogP) is 4.15. The van der Waals surface area contributed by atoms with Crippen molar-refractivity contribution in [3.05, 3.63) is 35.1 Å². The van der Waals surface area contributed by atoms with E-state index in [0.717, 1.165) is 24.9 Å². The summed E-state index contributed by atoms with van der Waals surface area (Å²) in [5, 5.41) is 0. The van der Waals surface area contributed by atoms with Crippen LogP contribution < -0.4 is 0 Å². The molecule has 0 radical (unpaired) electrons. The molecule has 0 bridgehead atoms. The Balaban J connectivity index is 1.83. The molecule has 0 saturated heterocycles. The second kappa shape index (κ2) is 4.59. The highest BCUT2D eigenvalue weighted by molar-refractivity contribution is 5.32. The third-order valence-corrected chi connectivity index (χ3v) is 4.99. The number of nitrogens with zero attached hydrogens (tertiary/aromatic N) is 1. The molecule has 0 unspecified atom stereocenters. The molecule has 1 atom stereocenters. The van der Waals surface area contributed by atoms with Gasteiger partial charge in [0.25, 0.3) is 0 Å². The summed E-state index contributed by atoms with van der Waals surface area (Å²) in [6, 6.07) is 6.78. The van der Waals surface area contributed by atoms with E-state index in [1.54, 1.807) is 6.07 Å². The molecular weight excluding hydrogens is 237 g/mol. The maximum Gasteiger partial charge on any atom is 0.126 e. The van der Waals surface area contributed by atoms with Crippen LogP contribution in [0.4, 0.5) is 4.39 Å². The standard InChI is InChI=1S/C17H24FN/c1-4-13-8-15-12(6-5-7-16(15)18)11-19(13)14-9-17(2,3)10-14/h5-7,13-14H,4,8-11H2,1-3H3/t13-/m0/s1. The highest BCUT2D eigenvalue weighted by Crippen LogP contribution is 2.45. The lowest BCUT2D eigenvalue weighted by Gasteiger charge is -2.52. The molecule has 1 heterocycles. The smallest absolute Gasteiger partial charge is 0.126 e. The normalized spacial score (nSPS) is 26.8. The molecule has 104 valence electrons. The number of benzene rings is 1. The van der Waals surface area contributed by atoms with Crippen LogP contribution in [0, 0.1) is 11.2 Å². The third kappa shape index (κ3) is 2.31. The van der Waals surface area contributed by atoms with Crippen LogP contribution in [-0.2, 0) is 13.0 Å². The topological polar surface area (TPSA) is 3.24 Å². The molecule has 0 spiro atoms. The summed E-state index contributed by atoms with van der Waals surface area (Å²) in [6.07, 6.45) is 4.57. The fraction of sp³-hybridized carbons (Fsp3) is 0.647. The first kappa shape index (κ1) is 13.1. The van der Waals surface area contributed by atoms with E-state index in [-0.39, 0.29) is 5.82 Å². The lowest BCUT2D eigenvalue weighted by atomic mass is 9.67. The Morgan fingerprint density at radius 2 is 2.05 bits per heavy atom. The molecule has 1 aromatic rings. The zero-order valence-corrected chi connectivity index (χ0v) is 12.2. The molecule has 19 heavy (non-hydrogen) atoms. The van der Waals surface area contributed by atoms with Crippen molar-refractivity contribution in [3.8, 4) is 0 Å². The number of halogens is 1. The molecule has 0 N–H and O–H groups in total. The monoisotopic (exact) mass is 261 g/mol. The van der Waals surface area contributed by atoms with Gasteiger partial charge >= 0.3 is 0 Å². The van der Waals surface area contributed by atoms with Crippen LogP contribution in [0.15, 0.2) is 18.2 Å². The summed E-state index contributed by atoms with van der Waals surface area (Å²) in [5.41, 5.74) is 2.67. The molecule has 2 aliphatic rings. The molecule has 0 amide bonds. The zero-order valence-electron chi connectivity index (χ0n) is 12.2. The summed E-state index contributed by atoms with van der Waals surface area (Å²) in [5.74, 6) is -0.00969. The molecule has 2 heteroatoms. The highest BCUT2D eigenvalue weighted by atomic mass is 19.1. The van der Waals surface area contributed by atoms with Crippen molar-refractivity contribution in [2.24, 2.45) is 5.41 Å². The molecule has 0 aromatic heterocycles. The van der Waals surface area contributed by atoms with Gasteiger partial charge in [-0.25, -0.2) is 4.39 Å². The Morgan fingerprint density at radius 3 is 2.68 bits per heavy atom. The van der Waals surface area contributed by atoms with Gasteiger partial charge in [-0.3, -0.25) is 4.90 Å². The molecular formula is C17H24FN. The Bertz CT molecular complexity index is 472. The SMILES string of the molecule is CC[C@H]1Cc2c(F)cccc2CN1C1CC(C)(C)C1. The van der Waals surface area contributed by atoms with Gasteiger partial charge in [0, 0.05) is 18.6 Å². The van der Waals surface area contributed by atoms with Gasteiger partial charge in [0.2, 0.25) is 0 Å². The van der Waals surface area contributed by atoms with Gasteiger partial charge in [-0.05, 0) is 48.3 Å². The van der Waals surface area contributed by atoms with E-state index in [0.29, 0.717) is 17.5 Å². The summed E-state index contributed by atoms with van der Waals surface area (Å²) in [4.78, 5) is 2.63. The average molecular weight is 261 g/mol. The Kier molecular flexibility index (Phi) is 3.17. The minimum Gasteiger partial charge on any atom is -0.293 e. The fourth-order valence-electron chi connectivity index (χ4n) is 3.92. The minimum absolute atomic E-state index is 0.00969. The maximum atomic E-state index is 13.9. The minimum atomic E-state index is -0.00969. The summed E-state index contributed by atoms with van der Waals surface area (Å²) < 4.78 is 13.9. The first-order chi connectivity index (χ1) is 9.00. The molecule has 3 rings (SSSR count). The van der Waals surface area contributed by atoms with E-state index in [1.165, 1.54) is 18.4 Å². The van der Waals surface area contributed by atoms with Gasteiger partial charge in [-0.15, -0.1) is 0 Å². The lowest BCUT2D eigenvalue weighted by Crippen LogP contribution is -2.54. The highest BCUT2D eigenvalue weighted by Gasteiger charge is 2.42. The summed E-state index contributed by atoms with van der Waals surface area (Å²) in [6.45, 7) is 7.86. The summed E-state index contributed by atoms with van der Waals surface area (Å²) >= 11 is 0. The van der Waals surface area contributed by atoms with Crippen molar-refractivity contribution in [2.75, 3.05) is 0 Å². The lowest BCUT2D eigenvalue weighted by molar-refractivity contribution is -0.0128. The van der Waals surface area contributed by atoms with Crippen LogP contribution in [0.5, 0.6) is 0 Å². The largest absolute Gasteiger partial charge is 0.293 e. The predicted molar refractivity (Wildman–Crippen MR) is 76.5 cm³/mol. The number of hydrogen-bond acceptors (Lipinski definition) is 1. The quantitative estimate of drug-likeness (QED) is 0.773. The second-order valence-corrected chi connectivity index (χ2v) is 7.04. The Hall–Kier alpha value is -0.890. The second-order valence-electron chi connectivity index (χ2n) is 7.04. The fourth-order valence-corrected chi connectivity index (χ4v) is 3.92. The van der Waals surface area contributed by atoms with Crippen LogP contribution >= 0.6 is 0 Å². The van der Waals surface area contributed by atoms with Crippen molar-refractivity contribution in [3.63, 3.8) is 0 Å². The molecule has 1 aromatic carbocycles. The van der Waals surface area contributed by atoms with E-state index >= 15 is 0 Å². The van der Waals surface area contributed by atoms with Gasteiger partial charge in [0.1, 0.15) is 5.82 Å². The third-order valence-electron chi connectivity index (χ3n) is 4.99. The Morgan fingerprint density at radius 1 is 1.32 bits per heavy atom. The van der Waals surface area contributed by atoms with Crippen molar-refractivity contribution in [1.29, 1.82) is 0 Å². The number of hydrogen-bond donors (Lipinski definition) is 0. The van der Waals surface area contributed by atoms with Gasteiger partial charge in [-0.2, -0.15) is 0 Å². The van der Waals surface area contributed by atoms with Crippen LogP contribution in [0.25, 0.3) is 0 Å². The van der Waals surface area contributed by atoms with Crippen molar-refractivity contribution in [1.82, 2.24) is 4.90 Å². The van der Waals surface area contributed by atoms with Crippen LogP contribution in [-0.4, -0.2) is 17.0 Å². The average Bonchev–Trinajstić information content (AvgIpc) is 2.35. The molecule has 1 aliphatic heterocycles. The Labute approximate surface area is 115 Å². The molecule has 1 nitrogen and oxygen atoms in total. The van der Waals surface area contributed by atoms with Gasteiger partial charge in [-0.1, -0.05) is 32.9 Å². The number of rotatable bonds is 2. The van der Waals surface area contributed by atoms with Crippen molar-refractivity contribution >= 4 is 0 Å². The van der Waals surface area contributed by atoms with E-state index in [1.807, 2.05) is 6.07 Å². The molecule has 1 saturated carbocycles. The molecule has 1 fully saturated rings.